The average molecular weight is 266 g/mol. The van der Waals surface area contributed by atoms with E-state index in [0.29, 0.717) is 5.92 Å². The Balaban J connectivity index is 2.16. The molecule has 1 fully saturated rings. The summed E-state index contributed by atoms with van der Waals surface area (Å²) in [5.41, 5.74) is 0.953. The maximum Gasteiger partial charge on any atom is 0.276 e. The Labute approximate surface area is 108 Å². The molecule has 0 spiro atoms. The zero-order chi connectivity index (χ0) is 13.2. The molecule has 1 aromatic carbocycles. The fourth-order valence-corrected chi connectivity index (χ4v) is 2.68. The summed E-state index contributed by atoms with van der Waals surface area (Å²) < 4.78 is 24.0. The van der Waals surface area contributed by atoms with E-state index < -0.39 is 10.0 Å². The van der Waals surface area contributed by atoms with Crippen LogP contribution in [0.5, 0.6) is 0 Å². The molecule has 18 heavy (non-hydrogen) atoms. The van der Waals surface area contributed by atoms with Crippen LogP contribution < -0.4 is 4.83 Å². The molecule has 1 aromatic rings. The van der Waals surface area contributed by atoms with Crippen LogP contribution in [0.25, 0.3) is 0 Å². The topological polar surface area (TPSA) is 58.5 Å². The molecule has 4 nitrogen and oxygen atoms in total. The first kappa shape index (κ1) is 13.1. The van der Waals surface area contributed by atoms with Gasteiger partial charge in [0.25, 0.3) is 10.0 Å². The SMILES string of the molecule is CC(C)/C(=N/NS(=O)(=O)c1ccccc1)C1CC1. The lowest BCUT2D eigenvalue weighted by Crippen LogP contribution is -2.22. The molecule has 0 unspecified atom stereocenters. The predicted molar refractivity (Wildman–Crippen MR) is 71.8 cm³/mol. The lowest BCUT2D eigenvalue weighted by atomic mass is 10.0. The molecule has 5 heteroatoms. The van der Waals surface area contributed by atoms with Gasteiger partial charge in [0.1, 0.15) is 0 Å². The third-order valence-electron chi connectivity index (χ3n) is 2.94. The summed E-state index contributed by atoms with van der Waals surface area (Å²) in [5, 5.41) is 4.11. The minimum atomic E-state index is -3.53. The lowest BCUT2D eigenvalue weighted by Gasteiger charge is -2.10. The fourth-order valence-electron chi connectivity index (χ4n) is 1.84. The van der Waals surface area contributed by atoms with E-state index in [-0.39, 0.29) is 10.8 Å². The molecule has 0 bridgehead atoms. The maximum absolute atomic E-state index is 12.0. The van der Waals surface area contributed by atoms with Gasteiger partial charge in [0.2, 0.25) is 0 Å². The van der Waals surface area contributed by atoms with E-state index >= 15 is 0 Å². The molecule has 1 saturated carbocycles. The van der Waals surface area contributed by atoms with Crippen LogP contribution in [-0.4, -0.2) is 14.1 Å². The third-order valence-corrected chi connectivity index (χ3v) is 4.16. The molecular formula is C13H18N2O2S. The van der Waals surface area contributed by atoms with Crippen molar-refractivity contribution < 1.29 is 8.42 Å². The van der Waals surface area contributed by atoms with Crippen molar-refractivity contribution in [3.63, 3.8) is 0 Å². The van der Waals surface area contributed by atoms with Crippen molar-refractivity contribution in [2.45, 2.75) is 31.6 Å². The highest BCUT2D eigenvalue weighted by atomic mass is 32.2. The highest BCUT2D eigenvalue weighted by Crippen LogP contribution is 2.33. The number of hydrogen-bond donors (Lipinski definition) is 1. The largest absolute Gasteiger partial charge is 0.276 e. The molecule has 1 aliphatic rings. The van der Waals surface area contributed by atoms with Gasteiger partial charge in [0.15, 0.2) is 0 Å². The first-order valence-electron chi connectivity index (χ1n) is 6.15. The maximum atomic E-state index is 12.0. The van der Waals surface area contributed by atoms with Crippen molar-refractivity contribution in [2.24, 2.45) is 16.9 Å². The second-order valence-corrected chi connectivity index (χ2v) is 6.53. The Bertz CT molecular complexity index is 527. The summed E-state index contributed by atoms with van der Waals surface area (Å²) in [7, 11) is -3.53. The Hall–Kier alpha value is -1.36. The smallest absolute Gasteiger partial charge is 0.200 e. The van der Waals surface area contributed by atoms with Crippen LogP contribution in [0.2, 0.25) is 0 Å². The quantitative estimate of drug-likeness (QED) is 0.657. The number of hydrogen-bond acceptors (Lipinski definition) is 3. The Morgan fingerprint density at radius 1 is 1.28 bits per heavy atom. The minimum absolute atomic E-state index is 0.243. The lowest BCUT2D eigenvalue weighted by molar-refractivity contribution is 0.583. The average Bonchev–Trinajstić information content (AvgIpc) is 3.14. The van der Waals surface area contributed by atoms with E-state index in [1.165, 1.54) is 0 Å². The van der Waals surface area contributed by atoms with E-state index in [2.05, 4.69) is 9.93 Å². The second-order valence-electron chi connectivity index (χ2n) is 4.87. The van der Waals surface area contributed by atoms with Crippen LogP contribution in [0.3, 0.4) is 0 Å². The van der Waals surface area contributed by atoms with Gasteiger partial charge in [-0.05, 0) is 36.8 Å². The molecule has 2 rings (SSSR count). The number of sulfonamides is 1. The van der Waals surface area contributed by atoms with Gasteiger partial charge in [-0.25, -0.2) is 4.83 Å². The minimum Gasteiger partial charge on any atom is -0.200 e. The van der Waals surface area contributed by atoms with Crippen molar-refractivity contribution in [3.05, 3.63) is 30.3 Å². The van der Waals surface area contributed by atoms with Crippen LogP contribution in [0.1, 0.15) is 26.7 Å². The highest BCUT2D eigenvalue weighted by molar-refractivity contribution is 7.89. The van der Waals surface area contributed by atoms with Crippen molar-refractivity contribution in [2.75, 3.05) is 0 Å². The van der Waals surface area contributed by atoms with Crippen molar-refractivity contribution in [1.82, 2.24) is 4.83 Å². The third kappa shape index (κ3) is 3.10. The second kappa shape index (κ2) is 5.10. The Morgan fingerprint density at radius 2 is 1.89 bits per heavy atom. The first-order chi connectivity index (χ1) is 8.50. The van der Waals surface area contributed by atoms with Gasteiger partial charge in [-0.15, -0.1) is 0 Å². The Morgan fingerprint density at radius 3 is 2.39 bits per heavy atom. The molecule has 0 aliphatic heterocycles. The van der Waals surface area contributed by atoms with Gasteiger partial charge in [-0.1, -0.05) is 32.0 Å². The fraction of sp³-hybridized carbons (Fsp3) is 0.462. The summed E-state index contributed by atoms with van der Waals surface area (Å²) in [6.07, 6.45) is 2.23. The highest BCUT2D eigenvalue weighted by Gasteiger charge is 2.29. The normalized spacial score (nSPS) is 16.9. The zero-order valence-corrected chi connectivity index (χ0v) is 11.4. The molecule has 98 valence electrons. The van der Waals surface area contributed by atoms with Crippen LogP contribution in [-0.2, 0) is 10.0 Å². The van der Waals surface area contributed by atoms with Gasteiger partial charge in [0, 0.05) is 5.71 Å². The molecule has 1 N–H and O–H groups in total. The van der Waals surface area contributed by atoms with Crippen molar-refractivity contribution >= 4 is 15.7 Å². The number of benzene rings is 1. The van der Waals surface area contributed by atoms with Crippen LogP contribution in [0.15, 0.2) is 40.3 Å². The summed E-state index contributed by atoms with van der Waals surface area (Å²) >= 11 is 0. The van der Waals surface area contributed by atoms with E-state index in [9.17, 15) is 8.42 Å². The van der Waals surface area contributed by atoms with E-state index in [0.717, 1.165) is 18.6 Å². The molecule has 0 aromatic heterocycles. The molecule has 1 aliphatic carbocycles. The van der Waals surface area contributed by atoms with Crippen molar-refractivity contribution in [3.8, 4) is 0 Å². The zero-order valence-electron chi connectivity index (χ0n) is 10.6. The number of hydrazone groups is 1. The molecule has 0 amide bonds. The van der Waals surface area contributed by atoms with Gasteiger partial charge < -0.3 is 0 Å². The van der Waals surface area contributed by atoms with Gasteiger partial charge in [-0.2, -0.15) is 13.5 Å². The molecule has 0 radical (unpaired) electrons. The standard InChI is InChI=1S/C13H18N2O2S/c1-10(2)13(11-8-9-11)14-15-18(16,17)12-6-4-3-5-7-12/h3-7,10-11,15H,8-9H2,1-2H3/b14-13-. The number of rotatable bonds is 5. The molecular weight excluding hydrogens is 248 g/mol. The number of nitrogens with one attached hydrogen (secondary N) is 1. The molecule has 0 saturated heterocycles. The van der Waals surface area contributed by atoms with Gasteiger partial charge >= 0.3 is 0 Å². The summed E-state index contributed by atoms with van der Waals surface area (Å²) in [6, 6.07) is 8.30. The van der Waals surface area contributed by atoms with Crippen LogP contribution in [0, 0.1) is 11.8 Å². The first-order valence-corrected chi connectivity index (χ1v) is 7.63. The Kier molecular flexibility index (Phi) is 3.71. The molecule has 0 heterocycles. The van der Waals surface area contributed by atoms with Gasteiger partial charge in [-0.3, -0.25) is 0 Å². The van der Waals surface area contributed by atoms with Crippen LogP contribution >= 0.6 is 0 Å². The molecule has 0 atom stereocenters. The van der Waals surface area contributed by atoms with E-state index in [1.807, 2.05) is 13.8 Å². The summed E-state index contributed by atoms with van der Waals surface area (Å²) in [6.45, 7) is 4.07. The summed E-state index contributed by atoms with van der Waals surface area (Å²) in [4.78, 5) is 2.58. The summed E-state index contributed by atoms with van der Waals surface area (Å²) in [5.74, 6) is 0.736. The van der Waals surface area contributed by atoms with Crippen LogP contribution in [0.4, 0.5) is 0 Å². The predicted octanol–water partition coefficient (Wildman–Crippen LogP) is 2.39. The van der Waals surface area contributed by atoms with Gasteiger partial charge in [0.05, 0.1) is 4.90 Å². The monoisotopic (exact) mass is 266 g/mol. The number of nitrogens with zero attached hydrogens (tertiary/aromatic N) is 1. The van der Waals surface area contributed by atoms with Crippen molar-refractivity contribution in [1.29, 1.82) is 0 Å². The van der Waals surface area contributed by atoms with E-state index in [1.54, 1.807) is 30.3 Å². The van der Waals surface area contributed by atoms with E-state index in [4.69, 9.17) is 0 Å².